The minimum atomic E-state index is -1.44. The van der Waals surface area contributed by atoms with Crippen LogP contribution in [0.4, 0.5) is 18.9 Å². The van der Waals surface area contributed by atoms with Gasteiger partial charge in [0, 0.05) is 16.3 Å². The Morgan fingerprint density at radius 1 is 1.00 bits per heavy atom. The smallest absolute Gasteiger partial charge is 0.196 e. The molecule has 0 aliphatic rings. The molecule has 2 rings (SSSR count). The summed E-state index contributed by atoms with van der Waals surface area (Å²) in [7, 11) is 0. The zero-order chi connectivity index (χ0) is 13.1. The van der Waals surface area contributed by atoms with E-state index < -0.39 is 17.5 Å². The van der Waals surface area contributed by atoms with Gasteiger partial charge >= 0.3 is 0 Å². The van der Waals surface area contributed by atoms with Crippen LogP contribution in [0.25, 0.3) is 0 Å². The van der Waals surface area contributed by atoms with Crippen molar-refractivity contribution < 1.29 is 13.2 Å². The van der Waals surface area contributed by atoms with Crippen LogP contribution in [0.3, 0.4) is 0 Å². The van der Waals surface area contributed by atoms with E-state index in [1.54, 1.807) is 11.3 Å². The molecule has 1 aromatic carbocycles. The zero-order valence-corrected chi connectivity index (χ0v) is 10.6. The Morgan fingerprint density at radius 2 is 1.72 bits per heavy atom. The van der Waals surface area contributed by atoms with Crippen LogP contribution in [0.1, 0.15) is 16.7 Å². The molecule has 2 aromatic rings. The SMILES string of the molecule is CCc1ccc(CNc2ccc(F)c(F)c2F)s1. The molecule has 0 aliphatic carbocycles. The molecule has 0 unspecified atom stereocenters. The fourth-order valence-corrected chi connectivity index (χ4v) is 2.45. The summed E-state index contributed by atoms with van der Waals surface area (Å²) < 4.78 is 39.1. The van der Waals surface area contributed by atoms with Crippen molar-refractivity contribution in [2.24, 2.45) is 0 Å². The van der Waals surface area contributed by atoms with E-state index in [0.29, 0.717) is 6.54 Å². The summed E-state index contributed by atoms with van der Waals surface area (Å²) in [6.07, 6.45) is 0.949. The molecule has 1 heterocycles. The van der Waals surface area contributed by atoms with Crippen LogP contribution < -0.4 is 5.32 Å². The monoisotopic (exact) mass is 271 g/mol. The molecular weight excluding hydrogens is 259 g/mol. The molecule has 18 heavy (non-hydrogen) atoms. The normalized spacial score (nSPS) is 10.7. The Balaban J connectivity index is 2.08. The van der Waals surface area contributed by atoms with E-state index >= 15 is 0 Å². The molecule has 0 fully saturated rings. The lowest BCUT2D eigenvalue weighted by Crippen LogP contribution is -2.02. The molecule has 1 aromatic heterocycles. The average Bonchev–Trinajstić information content (AvgIpc) is 2.83. The minimum Gasteiger partial charge on any atom is -0.378 e. The fourth-order valence-electron chi connectivity index (χ4n) is 1.55. The first-order chi connectivity index (χ1) is 8.61. The number of nitrogens with one attached hydrogen (secondary N) is 1. The van der Waals surface area contributed by atoms with Crippen LogP contribution in [0.15, 0.2) is 24.3 Å². The summed E-state index contributed by atoms with van der Waals surface area (Å²) in [6, 6.07) is 6.05. The molecule has 0 radical (unpaired) electrons. The van der Waals surface area contributed by atoms with E-state index in [2.05, 4.69) is 12.2 Å². The number of benzene rings is 1. The van der Waals surface area contributed by atoms with Crippen LogP contribution in [-0.4, -0.2) is 0 Å². The average molecular weight is 271 g/mol. The van der Waals surface area contributed by atoms with Gasteiger partial charge in [-0.05, 0) is 30.7 Å². The zero-order valence-electron chi connectivity index (χ0n) is 9.77. The highest BCUT2D eigenvalue weighted by molar-refractivity contribution is 7.12. The maximum atomic E-state index is 13.4. The third-order valence-electron chi connectivity index (χ3n) is 2.55. The van der Waals surface area contributed by atoms with Crippen molar-refractivity contribution in [2.75, 3.05) is 5.32 Å². The summed E-state index contributed by atoms with van der Waals surface area (Å²) in [5.41, 5.74) is -0.0275. The first-order valence-electron chi connectivity index (χ1n) is 5.56. The number of aryl methyl sites for hydroxylation is 1. The summed E-state index contributed by atoms with van der Waals surface area (Å²) in [6.45, 7) is 2.45. The van der Waals surface area contributed by atoms with E-state index in [-0.39, 0.29) is 5.69 Å². The Hall–Kier alpha value is -1.49. The van der Waals surface area contributed by atoms with Gasteiger partial charge in [0.2, 0.25) is 0 Å². The summed E-state index contributed by atoms with van der Waals surface area (Å²) in [5.74, 6) is -3.80. The highest BCUT2D eigenvalue weighted by atomic mass is 32.1. The van der Waals surface area contributed by atoms with Gasteiger partial charge < -0.3 is 5.32 Å². The molecule has 5 heteroatoms. The second kappa shape index (κ2) is 5.44. The quantitative estimate of drug-likeness (QED) is 0.816. The van der Waals surface area contributed by atoms with Crippen LogP contribution in [-0.2, 0) is 13.0 Å². The molecule has 0 amide bonds. The van der Waals surface area contributed by atoms with Crippen LogP contribution >= 0.6 is 11.3 Å². The molecule has 96 valence electrons. The van der Waals surface area contributed by atoms with Gasteiger partial charge in [-0.3, -0.25) is 0 Å². The molecule has 0 aliphatic heterocycles. The number of hydrogen-bond donors (Lipinski definition) is 1. The van der Waals surface area contributed by atoms with Crippen molar-refractivity contribution in [2.45, 2.75) is 19.9 Å². The Morgan fingerprint density at radius 3 is 2.39 bits per heavy atom. The van der Waals surface area contributed by atoms with Gasteiger partial charge in [-0.2, -0.15) is 0 Å². The summed E-state index contributed by atoms with van der Waals surface area (Å²) in [5, 5.41) is 2.76. The van der Waals surface area contributed by atoms with Gasteiger partial charge in [0.05, 0.1) is 5.69 Å². The maximum absolute atomic E-state index is 13.4. The standard InChI is InChI=1S/C13H12F3NS/c1-2-8-3-4-9(18-8)7-17-11-6-5-10(14)12(15)13(11)16/h3-6,17H,2,7H2,1H3. The van der Waals surface area contributed by atoms with Gasteiger partial charge in [-0.15, -0.1) is 11.3 Å². The van der Waals surface area contributed by atoms with Gasteiger partial charge in [-0.1, -0.05) is 6.92 Å². The number of hydrogen-bond acceptors (Lipinski definition) is 2. The molecule has 0 saturated heterocycles. The van der Waals surface area contributed by atoms with Crippen LogP contribution in [0, 0.1) is 17.5 Å². The molecule has 0 atom stereocenters. The lowest BCUT2D eigenvalue weighted by atomic mass is 10.2. The number of rotatable bonds is 4. The first kappa shape index (κ1) is 13.0. The number of anilines is 1. The molecule has 0 bridgehead atoms. The van der Waals surface area contributed by atoms with Crippen molar-refractivity contribution in [1.82, 2.24) is 0 Å². The van der Waals surface area contributed by atoms with Crippen molar-refractivity contribution in [3.63, 3.8) is 0 Å². The molecule has 1 N–H and O–H groups in total. The van der Waals surface area contributed by atoms with E-state index in [0.717, 1.165) is 17.4 Å². The number of thiophene rings is 1. The summed E-state index contributed by atoms with van der Waals surface area (Å²) in [4.78, 5) is 2.26. The van der Waals surface area contributed by atoms with Gasteiger partial charge in [0.15, 0.2) is 17.5 Å². The Labute approximate surface area is 107 Å². The minimum absolute atomic E-state index is 0.0275. The van der Waals surface area contributed by atoms with Crippen LogP contribution in [0.5, 0.6) is 0 Å². The van der Waals surface area contributed by atoms with Gasteiger partial charge in [0.1, 0.15) is 0 Å². The first-order valence-corrected chi connectivity index (χ1v) is 6.38. The lowest BCUT2D eigenvalue weighted by molar-refractivity contribution is 0.449. The van der Waals surface area contributed by atoms with E-state index in [4.69, 9.17) is 0 Å². The topological polar surface area (TPSA) is 12.0 Å². The molecule has 0 spiro atoms. The molecular formula is C13H12F3NS. The lowest BCUT2D eigenvalue weighted by Gasteiger charge is -2.07. The number of halogens is 3. The van der Waals surface area contributed by atoms with Crippen LogP contribution in [0.2, 0.25) is 0 Å². The second-order valence-corrected chi connectivity index (χ2v) is 5.05. The molecule has 1 nitrogen and oxygen atoms in total. The maximum Gasteiger partial charge on any atom is 0.196 e. The largest absolute Gasteiger partial charge is 0.378 e. The Kier molecular flexibility index (Phi) is 3.91. The van der Waals surface area contributed by atoms with E-state index in [9.17, 15) is 13.2 Å². The van der Waals surface area contributed by atoms with Gasteiger partial charge in [-0.25, -0.2) is 13.2 Å². The fraction of sp³-hybridized carbons (Fsp3) is 0.231. The third-order valence-corrected chi connectivity index (χ3v) is 3.78. The second-order valence-electron chi connectivity index (χ2n) is 3.80. The predicted octanol–water partition coefficient (Wildman–Crippen LogP) is 4.34. The van der Waals surface area contributed by atoms with Crippen molar-refractivity contribution in [3.8, 4) is 0 Å². The van der Waals surface area contributed by atoms with E-state index in [1.165, 1.54) is 10.9 Å². The van der Waals surface area contributed by atoms with Crippen molar-refractivity contribution >= 4 is 17.0 Å². The van der Waals surface area contributed by atoms with Crippen molar-refractivity contribution in [1.29, 1.82) is 0 Å². The Bertz CT molecular complexity index is 551. The third kappa shape index (κ3) is 2.67. The summed E-state index contributed by atoms with van der Waals surface area (Å²) >= 11 is 1.61. The van der Waals surface area contributed by atoms with Crippen molar-refractivity contribution in [3.05, 3.63) is 51.5 Å². The highest BCUT2D eigenvalue weighted by Crippen LogP contribution is 2.22. The predicted molar refractivity (Wildman–Crippen MR) is 67.3 cm³/mol. The van der Waals surface area contributed by atoms with E-state index in [1.807, 2.05) is 12.1 Å². The molecule has 0 saturated carbocycles. The highest BCUT2D eigenvalue weighted by Gasteiger charge is 2.13. The van der Waals surface area contributed by atoms with Gasteiger partial charge in [0.25, 0.3) is 0 Å².